The van der Waals surface area contributed by atoms with Crippen LogP contribution in [0.5, 0.6) is 0 Å². The van der Waals surface area contributed by atoms with E-state index in [0.29, 0.717) is 13.1 Å². The molecule has 1 aliphatic carbocycles. The Bertz CT molecular complexity index is 323. The van der Waals surface area contributed by atoms with Gasteiger partial charge >= 0.3 is 5.97 Å². The quantitative estimate of drug-likeness (QED) is 0.709. The lowest BCUT2D eigenvalue weighted by Gasteiger charge is -2.31. The van der Waals surface area contributed by atoms with E-state index in [9.17, 15) is 9.59 Å². The number of rotatable bonds is 9. The molecule has 0 heterocycles. The van der Waals surface area contributed by atoms with Crippen molar-refractivity contribution in [2.45, 2.75) is 52.4 Å². The smallest absolute Gasteiger partial charge is 0.305 e. The zero-order valence-electron chi connectivity index (χ0n) is 13.5. The summed E-state index contributed by atoms with van der Waals surface area (Å²) >= 11 is 0. The Balaban J connectivity index is 2.56. The molecule has 0 aromatic carbocycles. The zero-order valence-corrected chi connectivity index (χ0v) is 13.5. The highest BCUT2D eigenvalue weighted by molar-refractivity contribution is 5.79. The maximum Gasteiger partial charge on any atom is 0.305 e. The maximum atomic E-state index is 12.6. The summed E-state index contributed by atoms with van der Waals surface area (Å²) in [4.78, 5) is 27.5. The molecule has 0 aromatic rings. The minimum Gasteiger partial charge on any atom is -0.481 e. The second-order valence-corrected chi connectivity index (χ2v) is 5.83. The van der Waals surface area contributed by atoms with Gasteiger partial charge in [-0.25, -0.2) is 0 Å². The van der Waals surface area contributed by atoms with Gasteiger partial charge in [0.25, 0.3) is 0 Å². The first-order valence-electron chi connectivity index (χ1n) is 8.31. The van der Waals surface area contributed by atoms with Crippen molar-refractivity contribution in [3.8, 4) is 0 Å². The molecule has 1 amide bonds. The van der Waals surface area contributed by atoms with Gasteiger partial charge in [-0.3, -0.25) is 9.59 Å². The number of likely N-dealkylation sites (N-methyl/N-ethyl adjacent to an activating group) is 1. The topological polar surface area (TPSA) is 60.9 Å². The molecule has 0 atom stereocenters. The van der Waals surface area contributed by atoms with E-state index in [2.05, 4.69) is 18.7 Å². The number of carbonyl (C=O) groups is 2. The predicted molar refractivity (Wildman–Crippen MR) is 83.2 cm³/mol. The first-order valence-corrected chi connectivity index (χ1v) is 8.31. The Morgan fingerprint density at radius 1 is 1.00 bits per heavy atom. The van der Waals surface area contributed by atoms with Crippen molar-refractivity contribution in [3.63, 3.8) is 0 Å². The standard InChI is InChI=1S/C16H30N2O3/c1-3-17(4-2)12-13-18(11-10-15(19)20)16(21)14-8-6-5-7-9-14/h14H,3-13H2,1-2H3,(H,19,20). The van der Waals surface area contributed by atoms with Gasteiger partial charge in [0.15, 0.2) is 0 Å². The molecule has 0 saturated heterocycles. The fourth-order valence-electron chi connectivity index (χ4n) is 2.97. The number of hydrogen-bond acceptors (Lipinski definition) is 3. The highest BCUT2D eigenvalue weighted by Gasteiger charge is 2.26. The lowest BCUT2D eigenvalue weighted by molar-refractivity contribution is -0.140. The Labute approximate surface area is 128 Å². The molecule has 1 N–H and O–H groups in total. The summed E-state index contributed by atoms with van der Waals surface area (Å²) in [7, 11) is 0. The molecule has 1 saturated carbocycles. The summed E-state index contributed by atoms with van der Waals surface area (Å²) in [6.07, 6.45) is 5.44. The van der Waals surface area contributed by atoms with E-state index in [1.165, 1.54) is 6.42 Å². The lowest BCUT2D eigenvalue weighted by Crippen LogP contribution is -2.43. The molecule has 122 valence electrons. The summed E-state index contributed by atoms with van der Waals surface area (Å²) in [5.41, 5.74) is 0. The van der Waals surface area contributed by atoms with Gasteiger partial charge < -0.3 is 14.9 Å². The summed E-state index contributed by atoms with van der Waals surface area (Å²) in [6, 6.07) is 0. The van der Waals surface area contributed by atoms with Crippen LogP contribution in [0.1, 0.15) is 52.4 Å². The molecule has 0 bridgehead atoms. The molecule has 0 aliphatic heterocycles. The second kappa shape index (κ2) is 9.77. The minimum absolute atomic E-state index is 0.0384. The van der Waals surface area contributed by atoms with Gasteiger partial charge in [-0.2, -0.15) is 0 Å². The van der Waals surface area contributed by atoms with E-state index in [4.69, 9.17) is 5.11 Å². The molecule has 1 aliphatic rings. The van der Waals surface area contributed by atoms with Gasteiger partial charge in [-0.05, 0) is 25.9 Å². The van der Waals surface area contributed by atoms with Crippen LogP contribution in [0, 0.1) is 5.92 Å². The Morgan fingerprint density at radius 2 is 1.62 bits per heavy atom. The van der Waals surface area contributed by atoms with Gasteiger partial charge in [0.1, 0.15) is 0 Å². The molecule has 0 aromatic heterocycles. The third kappa shape index (κ3) is 6.46. The predicted octanol–water partition coefficient (Wildman–Crippen LogP) is 2.21. The van der Waals surface area contributed by atoms with Gasteiger partial charge in [0.2, 0.25) is 5.91 Å². The number of carboxylic acid groups (broad SMARTS) is 1. The van der Waals surface area contributed by atoms with Crippen molar-refractivity contribution in [1.29, 1.82) is 0 Å². The van der Waals surface area contributed by atoms with Crippen molar-refractivity contribution >= 4 is 11.9 Å². The van der Waals surface area contributed by atoms with Gasteiger partial charge in [-0.1, -0.05) is 33.1 Å². The van der Waals surface area contributed by atoms with Crippen LogP contribution in [0.15, 0.2) is 0 Å². The van der Waals surface area contributed by atoms with E-state index >= 15 is 0 Å². The van der Waals surface area contributed by atoms with Crippen molar-refractivity contribution in [2.75, 3.05) is 32.7 Å². The van der Waals surface area contributed by atoms with Crippen molar-refractivity contribution < 1.29 is 14.7 Å². The van der Waals surface area contributed by atoms with E-state index in [1.54, 1.807) is 4.90 Å². The van der Waals surface area contributed by atoms with Crippen LogP contribution in [0.4, 0.5) is 0 Å². The number of amides is 1. The molecular weight excluding hydrogens is 268 g/mol. The van der Waals surface area contributed by atoms with Crippen LogP contribution < -0.4 is 0 Å². The molecule has 1 rings (SSSR count). The molecule has 0 radical (unpaired) electrons. The Kier molecular flexibility index (Phi) is 8.35. The van der Waals surface area contributed by atoms with Crippen molar-refractivity contribution in [2.24, 2.45) is 5.92 Å². The van der Waals surface area contributed by atoms with Crippen LogP contribution >= 0.6 is 0 Å². The molecule has 5 heteroatoms. The van der Waals surface area contributed by atoms with Gasteiger partial charge in [0.05, 0.1) is 6.42 Å². The fraction of sp³-hybridized carbons (Fsp3) is 0.875. The SMILES string of the molecule is CCN(CC)CCN(CCC(=O)O)C(=O)C1CCCCC1. The van der Waals surface area contributed by atoms with E-state index < -0.39 is 5.97 Å². The van der Waals surface area contributed by atoms with E-state index in [-0.39, 0.29) is 18.2 Å². The zero-order chi connectivity index (χ0) is 15.7. The Hall–Kier alpha value is -1.10. The minimum atomic E-state index is -0.834. The van der Waals surface area contributed by atoms with Gasteiger partial charge in [-0.15, -0.1) is 0 Å². The van der Waals surface area contributed by atoms with Crippen molar-refractivity contribution in [1.82, 2.24) is 9.80 Å². The summed E-state index contributed by atoms with van der Waals surface area (Å²) in [6.45, 7) is 7.94. The average Bonchev–Trinajstić information content (AvgIpc) is 2.51. The third-order valence-electron chi connectivity index (χ3n) is 4.44. The number of carbonyl (C=O) groups excluding carboxylic acids is 1. The van der Waals surface area contributed by atoms with Gasteiger partial charge in [0, 0.05) is 25.6 Å². The first-order chi connectivity index (χ1) is 10.1. The second-order valence-electron chi connectivity index (χ2n) is 5.83. The summed E-state index contributed by atoms with van der Waals surface area (Å²) in [5.74, 6) is -0.549. The van der Waals surface area contributed by atoms with Crippen LogP contribution in [0.3, 0.4) is 0 Å². The molecule has 21 heavy (non-hydrogen) atoms. The highest BCUT2D eigenvalue weighted by Crippen LogP contribution is 2.25. The number of nitrogens with zero attached hydrogens (tertiary/aromatic N) is 2. The Morgan fingerprint density at radius 3 is 2.14 bits per heavy atom. The summed E-state index contributed by atoms with van der Waals surface area (Å²) < 4.78 is 0. The molecular formula is C16H30N2O3. The lowest BCUT2D eigenvalue weighted by atomic mass is 9.88. The van der Waals surface area contributed by atoms with Crippen molar-refractivity contribution in [3.05, 3.63) is 0 Å². The molecule has 0 spiro atoms. The number of aliphatic carboxylic acids is 1. The average molecular weight is 298 g/mol. The van der Waals surface area contributed by atoms with Crippen LogP contribution in [-0.4, -0.2) is 59.5 Å². The normalized spacial score (nSPS) is 16.1. The highest BCUT2D eigenvalue weighted by atomic mass is 16.4. The van der Waals surface area contributed by atoms with Crippen LogP contribution in [0.25, 0.3) is 0 Å². The summed E-state index contributed by atoms with van der Waals surface area (Å²) in [5, 5.41) is 8.88. The number of carboxylic acids is 1. The van der Waals surface area contributed by atoms with E-state index in [1.807, 2.05) is 0 Å². The largest absolute Gasteiger partial charge is 0.481 e. The van der Waals surface area contributed by atoms with Crippen LogP contribution in [0.2, 0.25) is 0 Å². The molecule has 5 nitrogen and oxygen atoms in total. The van der Waals surface area contributed by atoms with E-state index in [0.717, 1.165) is 45.3 Å². The first kappa shape index (κ1) is 18.0. The molecule has 1 fully saturated rings. The maximum absolute atomic E-state index is 12.6. The monoisotopic (exact) mass is 298 g/mol. The van der Waals surface area contributed by atoms with Crippen LogP contribution in [-0.2, 0) is 9.59 Å². The third-order valence-corrected chi connectivity index (χ3v) is 4.44. The molecule has 0 unspecified atom stereocenters. The fourth-order valence-corrected chi connectivity index (χ4v) is 2.97. The number of hydrogen-bond donors (Lipinski definition) is 1.